The van der Waals surface area contributed by atoms with Gasteiger partial charge in [-0.3, -0.25) is 69.2 Å². The number of unbranched alkanes of at least 4 members (excludes halogenated alkanes) is 9. The molecule has 0 saturated heterocycles. The summed E-state index contributed by atoms with van der Waals surface area (Å²) in [5, 5.41) is 42.3. The van der Waals surface area contributed by atoms with Gasteiger partial charge < -0.3 is 39.9 Å². The van der Waals surface area contributed by atoms with Crippen molar-refractivity contribution >= 4 is 83.8 Å². The van der Waals surface area contributed by atoms with E-state index < -0.39 is 43.7 Å². The van der Waals surface area contributed by atoms with Crippen LogP contribution in [0.5, 0.6) is 23.0 Å². The lowest BCUT2D eigenvalue weighted by Gasteiger charge is -2.29. The molecule has 2 atom stereocenters. The molecular weight excluding hydrogens is 1240 g/mol. The molecule has 0 aliphatic heterocycles. The van der Waals surface area contributed by atoms with Gasteiger partial charge in [0, 0.05) is 74.2 Å². The Morgan fingerprint density at radius 3 is 0.804 bits per heavy atom. The number of rotatable bonds is 35. The summed E-state index contributed by atoms with van der Waals surface area (Å²) in [5.74, 6) is 1.29. The molecule has 0 bridgehead atoms. The second kappa shape index (κ2) is 46.1. The first-order valence-electron chi connectivity index (χ1n) is 30.7. The lowest BCUT2D eigenvalue weighted by atomic mass is 9.94. The van der Waals surface area contributed by atoms with Crippen molar-refractivity contribution in [1.82, 2.24) is 0 Å². The van der Waals surface area contributed by atoms with Crippen LogP contribution in [0, 0.1) is 52.3 Å². The average molecular weight is 1330 g/mol. The molecular formula is C64H88N6O20S2. The van der Waals surface area contributed by atoms with Gasteiger partial charge in [0.1, 0.15) is 47.3 Å². The number of carbonyl (C=O) groups excluding carboxylic acids is 6. The average Bonchev–Trinajstić information content (AvgIpc) is 1.41. The van der Waals surface area contributed by atoms with E-state index in [1.54, 1.807) is 0 Å². The second-order valence-electron chi connectivity index (χ2n) is 22.3. The molecule has 0 radical (unpaired) electrons. The van der Waals surface area contributed by atoms with Gasteiger partial charge in [-0.25, -0.2) is 0 Å². The van der Waals surface area contributed by atoms with Gasteiger partial charge >= 0.3 is 35.8 Å². The smallest absolute Gasteiger partial charge is 0.323 e. The van der Waals surface area contributed by atoms with Crippen LogP contribution in [0.2, 0.25) is 0 Å². The molecule has 4 N–H and O–H groups in total. The van der Waals surface area contributed by atoms with Crippen molar-refractivity contribution in [3.05, 3.63) is 138 Å². The summed E-state index contributed by atoms with van der Waals surface area (Å²) in [5.41, 5.74) is 11.3. The summed E-state index contributed by atoms with van der Waals surface area (Å²) < 4.78 is 31.3. The zero-order chi connectivity index (χ0) is 68.4. The highest BCUT2D eigenvalue weighted by Crippen LogP contribution is 2.26. The van der Waals surface area contributed by atoms with Gasteiger partial charge in [0.25, 0.3) is 22.7 Å². The molecule has 4 aromatic rings. The van der Waals surface area contributed by atoms with Crippen molar-refractivity contribution < 1.29 is 76.9 Å². The Morgan fingerprint density at radius 2 is 0.598 bits per heavy atom. The van der Waals surface area contributed by atoms with E-state index in [0.29, 0.717) is 76.0 Å². The van der Waals surface area contributed by atoms with E-state index in [4.69, 9.17) is 39.9 Å². The van der Waals surface area contributed by atoms with Crippen LogP contribution < -0.4 is 30.4 Å². The predicted octanol–water partition coefficient (Wildman–Crippen LogP) is 13.2. The number of esters is 6. The zero-order valence-electron chi connectivity index (χ0n) is 52.7. The highest BCUT2D eigenvalue weighted by Gasteiger charge is 2.29. The fourth-order valence-corrected chi connectivity index (χ4v) is 9.06. The number of nitro groups is 4. The molecule has 0 spiro atoms. The largest absolute Gasteiger partial charge is 0.461 e. The summed E-state index contributed by atoms with van der Waals surface area (Å²) in [6.45, 7) is 8.10. The first-order chi connectivity index (χ1) is 43.8. The van der Waals surface area contributed by atoms with E-state index in [2.05, 4.69) is 25.3 Å². The maximum Gasteiger partial charge on any atom is 0.323 e. The lowest BCUT2D eigenvalue weighted by molar-refractivity contribution is -0.385. The Balaban J connectivity index is 0.000000446. The van der Waals surface area contributed by atoms with Crippen LogP contribution in [0.3, 0.4) is 0 Å². The fourth-order valence-electron chi connectivity index (χ4n) is 8.61. The number of nitrogens with two attached hydrogens (primary N) is 2. The molecule has 5 rings (SSSR count). The summed E-state index contributed by atoms with van der Waals surface area (Å²) >= 11 is 8.21. The molecule has 4 aromatic carbocycles. The third-order valence-corrected chi connectivity index (χ3v) is 14.1. The molecule has 1 saturated carbocycles. The standard InChI is InChI=1S/C22H24N2O8.C18H16N2O8.C18H34N2O4.C6H14S2/c25-21(31-19-13-9-17(10-14-19)23(27)28)7-5-3-1-2-4-6-8-22(26)32-20-15-11-18(12-16-20)24(29)30;21-17(27-15-9-5-13(6-10-15)19(23)24)3-1-2-4-18(22)28-16-11-7-14(8-12-16)20(25)26;1-11(2)9-15(19)17(21)23-13-5-7-14(8-6-13)24-18(22)16(20)10-12(3)4;7-5-3-1-2-4-6-8/h9-16H,1-8H2;5-12H,1-4H2;11-16H,5-10,19-20H2,1-4H3;7-8H,1-6H2. The number of nitrogens with zero attached hydrogens (tertiary/aromatic N) is 4. The molecule has 26 nitrogen and oxygen atoms in total. The van der Waals surface area contributed by atoms with Crippen molar-refractivity contribution in [2.24, 2.45) is 23.3 Å². The van der Waals surface area contributed by atoms with Crippen LogP contribution in [0.25, 0.3) is 0 Å². The Kier molecular flexibility index (Phi) is 40.1. The van der Waals surface area contributed by atoms with Crippen LogP contribution in [0.15, 0.2) is 97.1 Å². The zero-order valence-corrected chi connectivity index (χ0v) is 54.5. The SMILES string of the molecule is CC(C)CC(N)C(=O)OC1CCC(OC(=O)C(N)CC(C)C)CC1.O=C(CCCCC(=O)Oc1ccc([N+](=O)[O-])cc1)Oc1ccc([N+](=O)[O-])cc1.O=C(CCCCCCCCC(=O)Oc1ccc([N+](=O)[O-])cc1)Oc1ccc([N+](=O)[O-])cc1.SCCCCCCS. The van der Waals surface area contributed by atoms with Crippen molar-refractivity contribution in [2.75, 3.05) is 11.5 Å². The maximum atomic E-state index is 11.9. The Morgan fingerprint density at radius 1 is 0.391 bits per heavy atom. The number of thiol groups is 2. The van der Waals surface area contributed by atoms with E-state index in [1.165, 1.54) is 123 Å². The Bertz CT molecular complexity index is 2700. The minimum atomic E-state index is -0.561. The van der Waals surface area contributed by atoms with Gasteiger partial charge in [-0.05, 0) is 149 Å². The third kappa shape index (κ3) is 36.7. The summed E-state index contributed by atoms with van der Waals surface area (Å²) in [4.78, 5) is 111. The third-order valence-electron chi connectivity index (χ3n) is 13.4. The first-order valence-corrected chi connectivity index (χ1v) is 32.0. The fraction of sp³-hybridized carbons (Fsp3) is 0.531. The molecule has 1 aliphatic carbocycles. The van der Waals surface area contributed by atoms with Crippen LogP contribution in [0.4, 0.5) is 22.7 Å². The molecule has 1 fully saturated rings. The van der Waals surface area contributed by atoms with E-state index in [1.807, 2.05) is 27.7 Å². The van der Waals surface area contributed by atoms with E-state index in [9.17, 15) is 69.2 Å². The van der Waals surface area contributed by atoms with Gasteiger partial charge in [0.15, 0.2) is 0 Å². The van der Waals surface area contributed by atoms with Crippen molar-refractivity contribution in [2.45, 2.75) is 193 Å². The molecule has 2 unspecified atom stereocenters. The second-order valence-corrected chi connectivity index (χ2v) is 23.2. The molecule has 0 aromatic heterocycles. The van der Waals surface area contributed by atoms with Crippen LogP contribution in [0.1, 0.15) is 169 Å². The van der Waals surface area contributed by atoms with Gasteiger partial charge in [-0.1, -0.05) is 66.2 Å². The van der Waals surface area contributed by atoms with Gasteiger partial charge in [0.2, 0.25) is 0 Å². The number of ether oxygens (including phenoxy) is 6. The minimum absolute atomic E-state index is 0.0654. The van der Waals surface area contributed by atoms with Gasteiger partial charge in [-0.15, -0.1) is 0 Å². The number of nitro benzene ring substituents is 4. The highest BCUT2D eigenvalue weighted by molar-refractivity contribution is 7.80. The quantitative estimate of drug-likeness (QED) is 0.00830. The molecule has 92 heavy (non-hydrogen) atoms. The first kappa shape index (κ1) is 80.0. The number of benzene rings is 4. The predicted molar refractivity (Wildman–Crippen MR) is 350 cm³/mol. The number of hydrogen-bond donors (Lipinski definition) is 4. The minimum Gasteiger partial charge on any atom is -0.461 e. The van der Waals surface area contributed by atoms with E-state index in [0.717, 1.165) is 37.2 Å². The molecule has 506 valence electrons. The maximum absolute atomic E-state index is 11.9. The van der Waals surface area contributed by atoms with Gasteiger partial charge in [0.05, 0.1) is 19.7 Å². The van der Waals surface area contributed by atoms with Crippen LogP contribution in [-0.4, -0.2) is 91.3 Å². The van der Waals surface area contributed by atoms with Gasteiger partial charge in [-0.2, -0.15) is 25.3 Å². The van der Waals surface area contributed by atoms with Crippen LogP contribution in [-0.2, 0) is 38.2 Å². The Hall–Kier alpha value is -8.08. The summed E-state index contributed by atoms with van der Waals surface area (Å²) in [6, 6.07) is 19.8. The Labute approximate surface area is 546 Å². The van der Waals surface area contributed by atoms with Crippen molar-refractivity contribution in [1.29, 1.82) is 0 Å². The molecule has 0 amide bonds. The van der Waals surface area contributed by atoms with Crippen LogP contribution >= 0.6 is 25.3 Å². The monoisotopic (exact) mass is 1320 g/mol. The topological polar surface area (TPSA) is 382 Å². The van der Waals surface area contributed by atoms with E-state index >= 15 is 0 Å². The molecule has 0 heterocycles. The number of non-ortho nitro benzene ring substituents is 4. The normalized spacial score (nSPS) is 13.8. The summed E-state index contributed by atoms with van der Waals surface area (Å²) in [6.07, 6.45) is 15.3. The lowest BCUT2D eigenvalue weighted by Crippen LogP contribution is -2.39. The molecule has 28 heteroatoms. The van der Waals surface area contributed by atoms with E-state index in [-0.39, 0.29) is 108 Å². The number of hydrogen-bond acceptors (Lipinski definition) is 24. The summed E-state index contributed by atoms with van der Waals surface area (Å²) in [7, 11) is 0. The molecule has 1 aliphatic rings. The van der Waals surface area contributed by atoms with Crippen molar-refractivity contribution in [3.63, 3.8) is 0 Å². The number of carbonyl (C=O) groups is 6. The van der Waals surface area contributed by atoms with Crippen molar-refractivity contribution in [3.8, 4) is 23.0 Å². The highest BCUT2D eigenvalue weighted by atomic mass is 32.1.